The van der Waals surface area contributed by atoms with Gasteiger partial charge in [0.15, 0.2) is 0 Å². The van der Waals surface area contributed by atoms with E-state index in [1.807, 2.05) is 36.4 Å². The Bertz CT molecular complexity index is 1320. The van der Waals surface area contributed by atoms with E-state index >= 15 is 0 Å². The molecule has 0 aliphatic carbocycles. The summed E-state index contributed by atoms with van der Waals surface area (Å²) >= 11 is 0. The molecule has 0 aliphatic heterocycles. The van der Waals surface area contributed by atoms with Crippen molar-refractivity contribution >= 4 is 34.4 Å². The molecule has 0 saturated carbocycles. The molecule has 2 atom stereocenters. The van der Waals surface area contributed by atoms with Crippen LogP contribution in [0.2, 0.25) is 0 Å². The number of ether oxygens (including phenoxy) is 1. The Labute approximate surface area is 221 Å². The highest BCUT2D eigenvalue weighted by molar-refractivity contribution is 6.00. The van der Waals surface area contributed by atoms with Gasteiger partial charge in [-0.05, 0) is 61.4 Å². The second kappa shape index (κ2) is 12.2. The first-order valence-corrected chi connectivity index (χ1v) is 12.1. The molecule has 2 unspecified atom stereocenters. The van der Waals surface area contributed by atoms with Crippen LogP contribution in [-0.4, -0.2) is 57.8 Å². The Hall–Kier alpha value is -4.37. The SMILES string of the molecule is C=CCN(C(=O)C(CO)NC(=O)OC(C)(C)C)C(C(=O)Nc1ccc2ccccc2c1)c1cccc(O)c1. The molecule has 0 heterocycles. The molecule has 3 amide bonds. The standard InChI is InChI=1S/C29H33N3O6/c1-5-15-32(27(36)24(18-33)31-28(37)38-29(2,3)4)25(21-11-8-12-23(34)17-21)26(35)30-22-14-13-19-9-6-7-10-20(19)16-22/h5-14,16-17,24-25,33-34H,1,15,18H2,2-4H3,(H,30,35)(H,31,37). The number of carbonyl (C=O) groups is 3. The van der Waals surface area contributed by atoms with Crippen LogP contribution < -0.4 is 10.6 Å². The summed E-state index contributed by atoms with van der Waals surface area (Å²) in [6, 6.07) is 16.5. The quantitative estimate of drug-likeness (QED) is 0.315. The average Bonchev–Trinajstić information content (AvgIpc) is 2.85. The molecule has 3 rings (SSSR count). The van der Waals surface area contributed by atoms with Gasteiger partial charge in [-0.3, -0.25) is 9.59 Å². The van der Waals surface area contributed by atoms with Crippen molar-refractivity contribution in [2.24, 2.45) is 0 Å². The highest BCUT2D eigenvalue weighted by atomic mass is 16.6. The van der Waals surface area contributed by atoms with Gasteiger partial charge in [0.2, 0.25) is 5.91 Å². The zero-order valence-corrected chi connectivity index (χ0v) is 21.7. The lowest BCUT2D eigenvalue weighted by molar-refractivity contribution is -0.140. The van der Waals surface area contributed by atoms with Gasteiger partial charge in [0.1, 0.15) is 23.4 Å². The van der Waals surface area contributed by atoms with Crippen LogP contribution in [0.3, 0.4) is 0 Å². The lowest BCUT2D eigenvalue weighted by atomic mass is 10.0. The van der Waals surface area contributed by atoms with Crippen molar-refractivity contribution in [2.75, 3.05) is 18.5 Å². The fraction of sp³-hybridized carbons (Fsp3) is 0.276. The van der Waals surface area contributed by atoms with E-state index in [-0.39, 0.29) is 12.3 Å². The minimum Gasteiger partial charge on any atom is -0.508 e. The Kier molecular flexibility index (Phi) is 9.09. The van der Waals surface area contributed by atoms with Gasteiger partial charge in [-0.25, -0.2) is 4.79 Å². The molecule has 38 heavy (non-hydrogen) atoms. The lowest BCUT2D eigenvalue weighted by Gasteiger charge is -2.33. The van der Waals surface area contributed by atoms with Crippen molar-refractivity contribution in [1.29, 1.82) is 0 Å². The largest absolute Gasteiger partial charge is 0.508 e. The molecule has 0 spiro atoms. The van der Waals surface area contributed by atoms with Gasteiger partial charge in [0, 0.05) is 12.2 Å². The van der Waals surface area contributed by atoms with E-state index in [9.17, 15) is 24.6 Å². The van der Waals surface area contributed by atoms with E-state index in [1.54, 1.807) is 39.0 Å². The molecule has 9 nitrogen and oxygen atoms in total. The third kappa shape index (κ3) is 7.33. The second-order valence-electron chi connectivity index (χ2n) is 9.71. The van der Waals surface area contributed by atoms with Crippen molar-refractivity contribution in [1.82, 2.24) is 10.2 Å². The van der Waals surface area contributed by atoms with Gasteiger partial charge in [0.05, 0.1) is 6.61 Å². The molecule has 9 heteroatoms. The maximum Gasteiger partial charge on any atom is 0.408 e. The van der Waals surface area contributed by atoms with E-state index < -0.39 is 42.2 Å². The van der Waals surface area contributed by atoms with Crippen LogP contribution >= 0.6 is 0 Å². The number of amides is 3. The molecule has 0 radical (unpaired) electrons. The van der Waals surface area contributed by atoms with Crippen molar-refractivity contribution in [3.63, 3.8) is 0 Å². The van der Waals surface area contributed by atoms with Gasteiger partial charge in [-0.2, -0.15) is 0 Å². The van der Waals surface area contributed by atoms with Crippen molar-refractivity contribution in [3.05, 3.63) is 84.9 Å². The summed E-state index contributed by atoms with van der Waals surface area (Å²) in [7, 11) is 0. The Morgan fingerprint density at radius 2 is 1.74 bits per heavy atom. The van der Waals surface area contributed by atoms with Gasteiger partial charge in [-0.1, -0.05) is 48.5 Å². The van der Waals surface area contributed by atoms with Gasteiger partial charge in [0.25, 0.3) is 5.91 Å². The number of alkyl carbamates (subject to hydrolysis) is 1. The van der Waals surface area contributed by atoms with Gasteiger partial charge in [-0.15, -0.1) is 6.58 Å². The van der Waals surface area contributed by atoms with Crippen molar-refractivity contribution in [2.45, 2.75) is 38.5 Å². The van der Waals surface area contributed by atoms with Crippen LogP contribution in [0, 0.1) is 0 Å². The second-order valence-corrected chi connectivity index (χ2v) is 9.71. The first kappa shape index (κ1) is 28.2. The van der Waals surface area contributed by atoms with E-state index in [0.29, 0.717) is 11.3 Å². The number of benzene rings is 3. The lowest BCUT2D eigenvalue weighted by Crippen LogP contribution is -2.53. The predicted molar refractivity (Wildman–Crippen MR) is 146 cm³/mol. The highest BCUT2D eigenvalue weighted by Gasteiger charge is 2.36. The zero-order valence-electron chi connectivity index (χ0n) is 21.7. The number of fused-ring (bicyclic) bond motifs is 1. The fourth-order valence-corrected chi connectivity index (χ4v) is 3.94. The fourth-order valence-electron chi connectivity index (χ4n) is 3.94. The molecule has 3 aromatic carbocycles. The Morgan fingerprint density at radius 1 is 1.03 bits per heavy atom. The molecular weight excluding hydrogens is 486 g/mol. The summed E-state index contributed by atoms with van der Waals surface area (Å²) in [4.78, 5) is 40.8. The van der Waals surface area contributed by atoms with E-state index in [0.717, 1.165) is 10.8 Å². The number of rotatable bonds is 9. The average molecular weight is 520 g/mol. The van der Waals surface area contributed by atoms with Crippen molar-refractivity contribution in [3.8, 4) is 5.75 Å². The topological polar surface area (TPSA) is 128 Å². The summed E-state index contributed by atoms with van der Waals surface area (Å²) in [6.07, 6.45) is 0.539. The van der Waals surface area contributed by atoms with Crippen molar-refractivity contribution < 1.29 is 29.3 Å². The first-order valence-electron chi connectivity index (χ1n) is 12.1. The molecule has 0 aromatic heterocycles. The first-order chi connectivity index (χ1) is 18.0. The Morgan fingerprint density at radius 3 is 2.37 bits per heavy atom. The van der Waals surface area contributed by atoms with E-state index in [2.05, 4.69) is 17.2 Å². The zero-order chi connectivity index (χ0) is 27.9. The molecular formula is C29H33N3O6. The number of aliphatic hydroxyl groups excluding tert-OH is 1. The summed E-state index contributed by atoms with van der Waals surface area (Å²) < 4.78 is 5.22. The minimum atomic E-state index is -1.39. The summed E-state index contributed by atoms with van der Waals surface area (Å²) in [5, 5.41) is 27.2. The van der Waals surface area contributed by atoms with Crippen LogP contribution in [0.5, 0.6) is 5.75 Å². The number of hydrogen-bond donors (Lipinski definition) is 4. The van der Waals surface area contributed by atoms with Gasteiger partial charge < -0.3 is 30.5 Å². The molecule has 3 aromatic rings. The number of phenolic OH excluding ortho intramolecular Hbond substituents is 1. The molecule has 0 fully saturated rings. The molecule has 0 bridgehead atoms. The number of aliphatic hydroxyl groups is 1. The number of aromatic hydroxyl groups is 1. The van der Waals surface area contributed by atoms with Crippen LogP contribution in [0.1, 0.15) is 32.4 Å². The van der Waals surface area contributed by atoms with Gasteiger partial charge >= 0.3 is 6.09 Å². The van der Waals surface area contributed by atoms with Crippen LogP contribution in [0.15, 0.2) is 79.4 Å². The van der Waals surface area contributed by atoms with Crippen LogP contribution in [-0.2, 0) is 14.3 Å². The Balaban J connectivity index is 1.96. The number of nitrogens with one attached hydrogen (secondary N) is 2. The smallest absolute Gasteiger partial charge is 0.408 e. The summed E-state index contributed by atoms with van der Waals surface area (Å²) in [5.41, 5.74) is 0.0144. The van der Waals surface area contributed by atoms with E-state index in [4.69, 9.17) is 4.74 Å². The molecule has 4 N–H and O–H groups in total. The van der Waals surface area contributed by atoms with Crippen LogP contribution in [0.4, 0.5) is 10.5 Å². The highest BCUT2D eigenvalue weighted by Crippen LogP contribution is 2.28. The number of anilines is 1. The number of hydrogen-bond acceptors (Lipinski definition) is 6. The number of phenols is 1. The molecule has 0 aliphatic rings. The normalized spacial score (nSPS) is 12.7. The summed E-state index contributed by atoms with van der Waals surface area (Å²) in [5.74, 6) is -1.39. The minimum absolute atomic E-state index is 0.0865. The maximum absolute atomic E-state index is 13.7. The third-order valence-corrected chi connectivity index (χ3v) is 5.54. The third-order valence-electron chi connectivity index (χ3n) is 5.54. The summed E-state index contributed by atoms with van der Waals surface area (Å²) in [6.45, 7) is 7.89. The van der Waals surface area contributed by atoms with Crippen LogP contribution in [0.25, 0.3) is 10.8 Å². The van der Waals surface area contributed by atoms with E-state index in [1.165, 1.54) is 23.1 Å². The maximum atomic E-state index is 13.7. The molecule has 200 valence electrons. The number of nitrogens with zero attached hydrogens (tertiary/aromatic N) is 1. The predicted octanol–water partition coefficient (Wildman–Crippen LogP) is 4.13. The monoisotopic (exact) mass is 519 g/mol. The molecule has 0 saturated heterocycles. The number of carbonyl (C=O) groups excluding carboxylic acids is 3.